The molecule has 2 aromatic rings. The summed E-state index contributed by atoms with van der Waals surface area (Å²) < 4.78 is 64.2. The smallest absolute Gasteiger partial charge is 0.211 e. The molecule has 0 saturated carbocycles. The van der Waals surface area contributed by atoms with Gasteiger partial charge >= 0.3 is 6.18 Å². The van der Waals surface area contributed by atoms with Crippen molar-refractivity contribution >= 4 is 10.0 Å². The summed E-state index contributed by atoms with van der Waals surface area (Å²) in [5, 5.41) is 0. The molecule has 3 nitrogen and oxygen atoms in total. The lowest BCUT2D eigenvalue weighted by Gasteiger charge is -2.10. The summed E-state index contributed by atoms with van der Waals surface area (Å²) in [6.07, 6.45) is -3.98. The third kappa shape index (κ3) is 4.58. The van der Waals surface area contributed by atoms with Crippen LogP contribution in [0.25, 0.3) is 0 Å². The molecule has 7 heteroatoms. The summed E-state index contributed by atoms with van der Waals surface area (Å²) in [6.45, 7) is 4.10. The van der Waals surface area contributed by atoms with Crippen LogP contribution in [0, 0.1) is 13.8 Å². The van der Waals surface area contributed by atoms with Gasteiger partial charge in [0.05, 0.1) is 10.5 Å². The summed E-state index contributed by atoms with van der Waals surface area (Å²) in [6, 6.07) is 9.35. The van der Waals surface area contributed by atoms with Crippen LogP contribution < -0.4 is 4.72 Å². The Kier molecular flexibility index (Phi) is 5.35. The van der Waals surface area contributed by atoms with Gasteiger partial charge in [-0.25, -0.2) is 13.1 Å². The molecule has 2 aromatic carbocycles. The standard InChI is InChI=1S/C17H18F3NO2S/c1-12-3-4-14(13(2)11-12)9-10-21-24(22,23)16-7-5-15(6-8-16)17(18,19)20/h3-8,11,21H,9-10H2,1-2H3. The van der Waals surface area contributed by atoms with Crippen LogP contribution in [0.15, 0.2) is 47.4 Å². The number of alkyl halides is 3. The van der Waals surface area contributed by atoms with Gasteiger partial charge in [-0.1, -0.05) is 23.8 Å². The third-order valence-electron chi connectivity index (χ3n) is 3.68. The summed E-state index contributed by atoms with van der Waals surface area (Å²) in [5.41, 5.74) is 2.35. The number of nitrogens with one attached hydrogen (secondary N) is 1. The highest BCUT2D eigenvalue weighted by atomic mass is 32.2. The van der Waals surface area contributed by atoms with Crippen LogP contribution in [-0.2, 0) is 22.6 Å². The lowest BCUT2D eigenvalue weighted by molar-refractivity contribution is -0.137. The SMILES string of the molecule is Cc1ccc(CCNS(=O)(=O)c2ccc(C(F)(F)F)cc2)c(C)c1. The average Bonchev–Trinajstić information content (AvgIpc) is 2.49. The fourth-order valence-electron chi connectivity index (χ4n) is 2.35. The first kappa shape index (κ1) is 18.5. The van der Waals surface area contributed by atoms with Crippen molar-refractivity contribution in [3.8, 4) is 0 Å². The van der Waals surface area contributed by atoms with Crippen molar-refractivity contribution in [2.24, 2.45) is 0 Å². The summed E-state index contributed by atoms with van der Waals surface area (Å²) in [4.78, 5) is -0.184. The molecule has 0 aromatic heterocycles. The monoisotopic (exact) mass is 357 g/mol. The molecule has 0 aliphatic rings. The van der Waals surface area contributed by atoms with Gasteiger partial charge in [0.1, 0.15) is 0 Å². The maximum Gasteiger partial charge on any atom is 0.416 e. The molecular weight excluding hydrogens is 339 g/mol. The van der Waals surface area contributed by atoms with Gasteiger partial charge in [-0.3, -0.25) is 0 Å². The predicted molar refractivity (Wildman–Crippen MR) is 86.3 cm³/mol. The van der Waals surface area contributed by atoms with Crippen molar-refractivity contribution in [3.63, 3.8) is 0 Å². The Balaban J connectivity index is 2.03. The van der Waals surface area contributed by atoms with Gasteiger partial charge in [0.2, 0.25) is 10.0 Å². The number of halogens is 3. The highest BCUT2D eigenvalue weighted by molar-refractivity contribution is 7.89. The molecule has 0 unspecified atom stereocenters. The Hall–Kier alpha value is -1.86. The maximum absolute atomic E-state index is 12.5. The van der Waals surface area contributed by atoms with Crippen molar-refractivity contribution in [1.29, 1.82) is 0 Å². The van der Waals surface area contributed by atoms with Gasteiger partial charge in [0.15, 0.2) is 0 Å². The van der Waals surface area contributed by atoms with E-state index >= 15 is 0 Å². The van der Waals surface area contributed by atoms with Gasteiger partial charge in [-0.2, -0.15) is 13.2 Å². The van der Waals surface area contributed by atoms with E-state index in [1.54, 1.807) is 0 Å². The molecule has 2 rings (SSSR count). The Labute approximate surface area is 139 Å². The number of hydrogen-bond acceptors (Lipinski definition) is 2. The fourth-order valence-corrected chi connectivity index (χ4v) is 3.38. The van der Waals surface area contributed by atoms with Crippen LogP contribution in [0.2, 0.25) is 0 Å². The first-order valence-corrected chi connectivity index (χ1v) is 8.81. The summed E-state index contributed by atoms with van der Waals surface area (Å²) in [7, 11) is -3.83. The highest BCUT2D eigenvalue weighted by Gasteiger charge is 2.30. The maximum atomic E-state index is 12.5. The molecule has 0 aliphatic heterocycles. The van der Waals surface area contributed by atoms with E-state index in [0.717, 1.165) is 41.0 Å². The molecule has 0 aliphatic carbocycles. The Morgan fingerprint density at radius 1 is 1.00 bits per heavy atom. The zero-order chi connectivity index (χ0) is 18.0. The van der Waals surface area contributed by atoms with Gasteiger partial charge in [-0.05, 0) is 55.7 Å². The largest absolute Gasteiger partial charge is 0.416 e. The minimum absolute atomic E-state index is 0.174. The van der Waals surface area contributed by atoms with E-state index in [1.807, 2.05) is 32.0 Å². The second-order valence-electron chi connectivity index (χ2n) is 5.60. The second kappa shape index (κ2) is 6.94. The van der Waals surface area contributed by atoms with Crippen LogP contribution in [0.4, 0.5) is 13.2 Å². The molecule has 0 spiro atoms. The van der Waals surface area contributed by atoms with Crippen LogP contribution >= 0.6 is 0 Å². The summed E-state index contributed by atoms with van der Waals surface area (Å²) >= 11 is 0. The summed E-state index contributed by atoms with van der Waals surface area (Å²) in [5.74, 6) is 0. The highest BCUT2D eigenvalue weighted by Crippen LogP contribution is 2.29. The molecule has 0 radical (unpaired) electrons. The second-order valence-corrected chi connectivity index (χ2v) is 7.37. The van der Waals surface area contributed by atoms with E-state index in [-0.39, 0.29) is 11.4 Å². The van der Waals surface area contributed by atoms with Crippen molar-refractivity contribution in [1.82, 2.24) is 4.72 Å². The zero-order valence-electron chi connectivity index (χ0n) is 13.3. The van der Waals surface area contributed by atoms with Gasteiger partial charge in [0.25, 0.3) is 0 Å². The van der Waals surface area contributed by atoms with Gasteiger partial charge < -0.3 is 0 Å². The van der Waals surface area contributed by atoms with Crippen molar-refractivity contribution in [3.05, 3.63) is 64.7 Å². The number of hydrogen-bond donors (Lipinski definition) is 1. The zero-order valence-corrected chi connectivity index (χ0v) is 14.1. The average molecular weight is 357 g/mol. The Morgan fingerprint density at radius 3 is 2.17 bits per heavy atom. The molecular formula is C17H18F3NO2S. The quantitative estimate of drug-likeness (QED) is 0.884. The van der Waals surface area contributed by atoms with E-state index in [2.05, 4.69) is 4.72 Å². The number of aryl methyl sites for hydroxylation is 2. The first-order valence-electron chi connectivity index (χ1n) is 7.33. The topological polar surface area (TPSA) is 46.2 Å². The lowest BCUT2D eigenvalue weighted by atomic mass is 10.0. The first-order chi connectivity index (χ1) is 11.1. The Bertz CT molecular complexity index is 813. The molecule has 0 bridgehead atoms. The van der Waals surface area contributed by atoms with Crippen molar-refractivity contribution < 1.29 is 21.6 Å². The van der Waals surface area contributed by atoms with Crippen LogP contribution in [-0.4, -0.2) is 15.0 Å². The Morgan fingerprint density at radius 2 is 1.62 bits per heavy atom. The van der Waals surface area contributed by atoms with Gasteiger partial charge in [0, 0.05) is 6.54 Å². The predicted octanol–water partition coefficient (Wildman–Crippen LogP) is 3.84. The van der Waals surface area contributed by atoms with Crippen molar-refractivity contribution in [2.75, 3.05) is 6.54 Å². The van der Waals surface area contributed by atoms with Gasteiger partial charge in [-0.15, -0.1) is 0 Å². The van der Waals surface area contributed by atoms with Crippen LogP contribution in [0.3, 0.4) is 0 Å². The van der Waals surface area contributed by atoms with E-state index in [4.69, 9.17) is 0 Å². The van der Waals surface area contributed by atoms with E-state index in [9.17, 15) is 21.6 Å². The molecule has 130 valence electrons. The number of benzene rings is 2. The molecule has 0 heterocycles. The molecule has 0 atom stereocenters. The minimum Gasteiger partial charge on any atom is -0.211 e. The van der Waals surface area contributed by atoms with Crippen LogP contribution in [0.1, 0.15) is 22.3 Å². The third-order valence-corrected chi connectivity index (χ3v) is 5.15. The van der Waals surface area contributed by atoms with Crippen molar-refractivity contribution in [2.45, 2.75) is 31.3 Å². The molecule has 0 amide bonds. The number of rotatable bonds is 5. The number of sulfonamides is 1. The fraction of sp³-hybridized carbons (Fsp3) is 0.294. The normalized spacial score (nSPS) is 12.4. The molecule has 0 fully saturated rings. The minimum atomic E-state index is -4.49. The van der Waals surface area contributed by atoms with E-state index in [0.29, 0.717) is 6.42 Å². The molecule has 0 saturated heterocycles. The van der Waals surface area contributed by atoms with E-state index < -0.39 is 21.8 Å². The molecule has 24 heavy (non-hydrogen) atoms. The van der Waals surface area contributed by atoms with E-state index in [1.165, 1.54) is 0 Å². The molecule has 1 N–H and O–H groups in total. The lowest BCUT2D eigenvalue weighted by Crippen LogP contribution is -2.26. The van der Waals surface area contributed by atoms with Crippen LogP contribution in [0.5, 0.6) is 0 Å².